The summed E-state index contributed by atoms with van der Waals surface area (Å²) in [5, 5.41) is 0. The zero-order valence-electron chi connectivity index (χ0n) is 10.8. The molecule has 2 nitrogen and oxygen atoms in total. The summed E-state index contributed by atoms with van der Waals surface area (Å²) in [6, 6.07) is 7.01. The molecule has 0 spiro atoms. The third-order valence-corrected chi connectivity index (χ3v) is 3.81. The fourth-order valence-electron chi connectivity index (χ4n) is 2.69. The van der Waals surface area contributed by atoms with Gasteiger partial charge in [-0.25, -0.2) is 4.39 Å². The maximum atomic E-state index is 13.6. The van der Waals surface area contributed by atoms with Gasteiger partial charge in [-0.2, -0.15) is 0 Å². The highest BCUT2D eigenvalue weighted by molar-refractivity contribution is 5.17. The van der Waals surface area contributed by atoms with E-state index in [9.17, 15) is 4.39 Å². The summed E-state index contributed by atoms with van der Waals surface area (Å²) in [4.78, 5) is 0. The van der Waals surface area contributed by atoms with Crippen LogP contribution in [0.4, 0.5) is 4.39 Å². The SMILES string of the molecule is NCC(Cc1ccccc1F)CC1CCOCC1. The van der Waals surface area contributed by atoms with Crippen LogP contribution < -0.4 is 5.73 Å². The Morgan fingerprint density at radius 2 is 2.00 bits per heavy atom. The minimum absolute atomic E-state index is 0.108. The first-order valence-electron chi connectivity index (χ1n) is 6.80. The molecule has 1 fully saturated rings. The van der Waals surface area contributed by atoms with Crippen molar-refractivity contribution in [2.45, 2.75) is 25.7 Å². The molecule has 2 N–H and O–H groups in total. The summed E-state index contributed by atoms with van der Waals surface area (Å²) in [7, 11) is 0. The van der Waals surface area contributed by atoms with Gasteiger partial charge in [0.05, 0.1) is 0 Å². The molecule has 1 heterocycles. The Kier molecular flexibility index (Phi) is 5.14. The number of hydrogen-bond donors (Lipinski definition) is 1. The fourth-order valence-corrected chi connectivity index (χ4v) is 2.69. The summed E-state index contributed by atoms with van der Waals surface area (Å²) in [6.45, 7) is 2.36. The Bertz CT molecular complexity index is 363. The molecule has 18 heavy (non-hydrogen) atoms. The van der Waals surface area contributed by atoms with Gasteiger partial charge in [0.15, 0.2) is 0 Å². The van der Waals surface area contributed by atoms with Crippen LogP contribution in [0.1, 0.15) is 24.8 Å². The molecule has 0 amide bonds. The fraction of sp³-hybridized carbons (Fsp3) is 0.600. The molecule has 1 aliphatic heterocycles. The minimum Gasteiger partial charge on any atom is -0.381 e. The normalized spacial score (nSPS) is 18.8. The van der Waals surface area contributed by atoms with Crippen molar-refractivity contribution in [3.8, 4) is 0 Å². The van der Waals surface area contributed by atoms with Crippen LogP contribution in [0, 0.1) is 17.7 Å². The van der Waals surface area contributed by atoms with E-state index in [-0.39, 0.29) is 5.82 Å². The number of benzene rings is 1. The maximum Gasteiger partial charge on any atom is 0.126 e. The van der Waals surface area contributed by atoms with E-state index >= 15 is 0 Å². The molecule has 100 valence electrons. The quantitative estimate of drug-likeness (QED) is 0.873. The van der Waals surface area contributed by atoms with Gasteiger partial charge in [-0.1, -0.05) is 18.2 Å². The van der Waals surface area contributed by atoms with E-state index in [4.69, 9.17) is 10.5 Å². The molecule has 1 aromatic rings. The number of rotatable bonds is 5. The van der Waals surface area contributed by atoms with Crippen molar-refractivity contribution in [3.63, 3.8) is 0 Å². The van der Waals surface area contributed by atoms with E-state index < -0.39 is 0 Å². The second-order valence-corrected chi connectivity index (χ2v) is 5.19. The number of ether oxygens (including phenoxy) is 1. The van der Waals surface area contributed by atoms with Crippen LogP contribution in [0.15, 0.2) is 24.3 Å². The topological polar surface area (TPSA) is 35.2 Å². The van der Waals surface area contributed by atoms with Crippen LogP contribution in [-0.2, 0) is 11.2 Å². The van der Waals surface area contributed by atoms with E-state index in [1.54, 1.807) is 6.07 Å². The van der Waals surface area contributed by atoms with Gasteiger partial charge >= 0.3 is 0 Å². The lowest BCUT2D eigenvalue weighted by Gasteiger charge is -2.26. The zero-order chi connectivity index (χ0) is 12.8. The third kappa shape index (κ3) is 3.79. The van der Waals surface area contributed by atoms with Crippen LogP contribution in [0.2, 0.25) is 0 Å². The molecule has 1 saturated heterocycles. The zero-order valence-corrected chi connectivity index (χ0v) is 10.8. The van der Waals surface area contributed by atoms with E-state index in [1.807, 2.05) is 12.1 Å². The Morgan fingerprint density at radius 3 is 2.67 bits per heavy atom. The summed E-state index contributed by atoms with van der Waals surface area (Å²) in [6.07, 6.45) is 4.08. The summed E-state index contributed by atoms with van der Waals surface area (Å²) < 4.78 is 19.0. The van der Waals surface area contributed by atoms with Crippen molar-refractivity contribution in [2.75, 3.05) is 19.8 Å². The lowest BCUT2D eigenvalue weighted by Crippen LogP contribution is -2.24. The van der Waals surface area contributed by atoms with Crippen molar-refractivity contribution in [2.24, 2.45) is 17.6 Å². The molecule has 0 aliphatic carbocycles. The van der Waals surface area contributed by atoms with Gasteiger partial charge < -0.3 is 10.5 Å². The molecule has 1 atom stereocenters. The van der Waals surface area contributed by atoms with Crippen molar-refractivity contribution in [1.82, 2.24) is 0 Å². The predicted octanol–water partition coefficient (Wildman–Crippen LogP) is 2.76. The van der Waals surface area contributed by atoms with Crippen LogP contribution in [-0.4, -0.2) is 19.8 Å². The molecule has 2 rings (SSSR count). The average Bonchev–Trinajstić information content (AvgIpc) is 2.41. The first-order valence-corrected chi connectivity index (χ1v) is 6.80. The van der Waals surface area contributed by atoms with Crippen LogP contribution >= 0.6 is 0 Å². The molecule has 1 aromatic carbocycles. The van der Waals surface area contributed by atoms with Gasteiger partial charge in [-0.3, -0.25) is 0 Å². The van der Waals surface area contributed by atoms with Gasteiger partial charge in [0.25, 0.3) is 0 Å². The van der Waals surface area contributed by atoms with Gasteiger partial charge in [-0.05, 0) is 55.7 Å². The van der Waals surface area contributed by atoms with Gasteiger partial charge in [0.2, 0.25) is 0 Å². The summed E-state index contributed by atoms with van der Waals surface area (Å²) in [5.41, 5.74) is 6.63. The van der Waals surface area contributed by atoms with Crippen LogP contribution in [0.5, 0.6) is 0 Å². The van der Waals surface area contributed by atoms with Crippen molar-refractivity contribution < 1.29 is 9.13 Å². The van der Waals surface area contributed by atoms with Crippen molar-refractivity contribution in [1.29, 1.82) is 0 Å². The predicted molar refractivity (Wildman–Crippen MR) is 70.8 cm³/mol. The lowest BCUT2D eigenvalue weighted by molar-refractivity contribution is 0.0589. The van der Waals surface area contributed by atoms with Crippen LogP contribution in [0.25, 0.3) is 0 Å². The Labute approximate surface area is 108 Å². The Balaban J connectivity index is 1.90. The lowest BCUT2D eigenvalue weighted by atomic mass is 9.85. The summed E-state index contributed by atoms with van der Waals surface area (Å²) >= 11 is 0. The number of hydrogen-bond acceptors (Lipinski definition) is 2. The first-order chi connectivity index (χ1) is 8.79. The van der Waals surface area contributed by atoms with Crippen molar-refractivity contribution >= 4 is 0 Å². The van der Waals surface area contributed by atoms with Gasteiger partial charge in [0.1, 0.15) is 5.82 Å². The molecule has 1 unspecified atom stereocenters. The number of nitrogens with two attached hydrogens (primary N) is 1. The summed E-state index contributed by atoms with van der Waals surface area (Å²) in [5.74, 6) is 0.965. The van der Waals surface area contributed by atoms with E-state index in [0.29, 0.717) is 18.4 Å². The molecule has 3 heteroatoms. The largest absolute Gasteiger partial charge is 0.381 e. The van der Waals surface area contributed by atoms with Gasteiger partial charge in [-0.15, -0.1) is 0 Å². The smallest absolute Gasteiger partial charge is 0.126 e. The molecule has 1 aliphatic rings. The Morgan fingerprint density at radius 1 is 1.28 bits per heavy atom. The van der Waals surface area contributed by atoms with E-state index in [0.717, 1.165) is 44.5 Å². The minimum atomic E-state index is -0.108. The monoisotopic (exact) mass is 251 g/mol. The second kappa shape index (κ2) is 6.86. The van der Waals surface area contributed by atoms with Crippen molar-refractivity contribution in [3.05, 3.63) is 35.6 Å². The average molecular weight is 251 g/mol. The molecule has 0 saturated carbocycles. The van der Waals surface area contributed by atoms with E-state index in [2.05, 4.69) is 0 Å². The molecular weight excluding hydrogens is 229 g/mol. The second-order valence-electron chi connectivity index (χ2n) is 5.19. The third-order valence-electron chi connectivity index (χ3n) is 3.81. The molecule has 0 bridgehead atoms. The van der Waals surface area contributed by atoms with Gasteiger partial charge in [0, 0.05) is 13.2 Å². The number of halogens is 1. The van der Waals surface area contributed by atoms with E-state index in [1.165, 1.54) is 6.07 Å². The maximum absolute atomic E-state index is 13.6. The highest BCUT2D eigenvalue weighted by atomic mass is 19.1. The highest BCUT2D eigenvalue weighted by Crippen LogP contribution is 2.25. The molecular formula is C15H22FNO. The molecule has 0 aromatic heterocycles. The molecule has 0 radical (unpaired) electrons. The highest BCUT2D eigenvalue weighted by Gasteiger charge is 2.19. The first kappa shape index (κ1) is 13.5. The Hall–Kier alpha value is -0.930. The standard InChI is InChI=1S/C15H22FNO/c16-15-4-2-1-3-14(15)10-13(11-17)9-12-5-7-18-8-6-12/h1-4,12-13H,5-11,17H2. The van der Waals surface area contributed by atoms with Crippen LogP contribution in [0.3, 0.4) is 0 Å².